The molecule has 2 aromatic rings. The summed E-state index contributed by atoms with van der Waals surface area (Å²) in [6.45, 7) is 0.350. The molecule has 0 saturated carbocycles. The molecule has 0 aliphatic heterocycles. The highest BCUT2D eigenvalue weighted by Gasteiger charge is 2.13. The molecule has 2 aromatic carbocycles. The molecule has 0 heterocycles. The van der Waals surface area contributed by atoms with E-state index in [1.54, 1.807) is 12.1 Å². The molecular weight excluding hydrogens is 254 g/mol. The fourth-order valence-corrected chi connectivity index (χ4v) is 1.82. The van der Waals surface area contributed by atoms with Crippen LogP contribution in [-0.2, 0) is 6.61 Å². The van der Waals surface area contributed by atoms with E-state index in [1.165, 1.54) is 0 Å². The summed E-state index contributed by atoms with van der Waals surface area (Å²) < 4.78 is 5.62. The molecule has 0 spiro atoms. The fourth-order valence-electron chi connectivity index (χ4n) is 1.82. The van der Waals surface area contributed by atoms with Crippen LogP contribution < -0.4 is 9.64 Å². The normalized spacial score (nSPS) is 10.1. The van der Waals surface area contributed by atoms with Gasteiger partial charge < -0.3 is 14.7 Å². The van der Waals surface area contributed by atoms with Crippen molar-refractivity contribution < 1.29 is 14.6 Å². The number of hydrogen-bond acceptors (Lipinski definition) is 3. The van der Waals surface area contributed by atoms with Gasteiger partial charge in [-0.1, -0.05) is 30.3 Å². The molecule has 0 bridgehead atoms. The average molecular weight is 271 g/mol. The number of nitrogens with zero attached hydrogens (tertiary/aromatic N) is 1. The number of rotatable bonds is 5. The van der Waals surface area contributed by atoms with Crippen LogP contribution >= 0.6 is 0 Å². The summed E-state index contributed by atoms with van der Waals surface area (Å²) >= 11 is 0. The summed E-state index contributed by atoms with van der Waals surface area (Å²) in [5.74, 6) is -0.608. The van der Waals surface area contributed by atoms with Crippen molar-refractivity contribution in [3.05, 3.63) is 59.7 Å². The van der Waals surface area contributed by atoms with Crippen molar-refractivity contribution >= 4 is 11.7 Å². The summed E-state index contributed by atoms with van der Waals surface area (Å²) in [7, 11) is 3.73. The van der Waals surface area contributed by atoms with Gasteiger partial charge >= 0.3 is 5.97 Å². The second kappa shape index (κ2) is 6.10. The van der Waals surface area contributed by atoms with Crippen LogP contribution in [0.4, 0.5) is 5.69 Å². The molecule has 104 valence electrons. The lowest BCUT2D eigenvalue weighted by atomic mass is 10.1. The Kier molecular flexibility index (Phi) is 4.25. The van der Waals surface area contributed by atoms with Crippen molar-refractivity contribution in [1.29, 1.82) is 0 Å². The van der Waals surface area contributed by atoms with E-state index in [9.17, 15) is 9.90 Å². The Morgan fingerprint density at radius 1 is 1.15 bits per heavy atom. The van der Waals surface area contributed by atoms with Crippen molar-refractivity contribution in [3.8, 4) is 5.75 Å². The first kappa shape index (κ1) is 13.9. The molecule has 4 heteroatoms. The largest absolute Gasteiger partial charge is 0.488 e. The number of carboxylic acid groups (broad SMARTS) is 1. The second-order valence-corrected chi connectivity index (χ2v) is 4.65. The molecular formula is C16H17NO3. The first-order valence-electron chi connectivity index (χ1n) is 6.29. The van der Waals surface area contributed by atoms with Gasteiger partial charge in [-0.05, 0) is 23.8 Å². The molecule has 0 aromatic heterocycles. The van der Waals surface area contributed by atoms with Gasteiger partial charge in [0.15, 0.2) is 0 Å². The van der Waals surface area contributed by atoms with Crippen LogP contribution in [-0.4, -0.2) is 25.2 Å². The van der Waals surface area contributed by atoms with Gasteiger partial charge in [-0.3, -0.25) is 0 Å². The maximum Gasteiger partial charge on any atom is 0.339 e. The van der Waals surface area contributed by atoms with E-state index in [1.807, 2.05) is 55.4 Å². The smallest absolute Gasteiger partial charge is 0.339 e. The summed E-state index contributed by atoms with van der Waals surface area (Å²) in [6.07, 6.45) is 0. The van der Waals surface area contributed by atoms with Gasteiger partial charge in [0.25, 0.3) is 0 Å². The Hall–Kier alpha value is -2.49. The number of anilines is 1. The predicted octanol–water partition coefficient (Wildman–Crippen LogP) is 3.03. The minimum Gasteiger partial charge on any atom is -0.488 e. The Balaban J connectivity index is 2.21. The summed E-state index contributed by atoms with van der Waals surface area (Å²) in [5, 5.41) is 9.27. The highest BCUT2D eigenvalue weighted by molar-refractivity contribution is 5.92. The average Bonchev–Trinajstić information content (AvgIpc) is 2.45. The summed E-state index contributed by atoms with van der Waals surface area (Å²) in [4.78, 5) is 13.2. The predicted molar refractivity (Wildman–Crippen MR) is 78.5 cm³/mol. The summed E-state index contributed by atoms with van der Waals surface area (Å²) in [6, 6.07) is 14.8. The maximum atomic E-state index is 11.3. The standard InChI is InChI=1S/C16H17NO3/c1-17(2)13-8-9-15(14(10-13)16(18)19)20-11-12-6-4-3-5-7-12/h3-10H,11H2,1-2H3,(H,18,19). The van der Waals surface area contributed by atoms with E-state index in [2.05, 4.69) is 0 Å². The third-order valence-corrected chi connectivity index (χ3v) is 2.95. The van der Waals surface area contributed by atoms with Gasteiger partial charge in [-0.25, -0.2) is 4.79 Å². The van der Waals surface area contributed by atoms with E-state index in [0.29, 0.717) is 12.4 Å². The zero-order valence-electron chi connectivity index (χ0n) is 11.5. The molecule has 0 aliphatic carbocycles. The van der Waals surface area contributed by atoms with E-state index < -0.39 is 5.97 Å². The van der Waals surface area contributed by atoms with Crippen LogP contribution in [0.1, 0.15) is 15.9 Å². The Morgan fingerprint density at radius 3 is 2.45 bits per heavy atom. The van der Waals surface area contributed by atoms with Crippen LogP contribution in [0.15, 0.2) is 48.5 Å². The molecule has 0 fully saturated rings. The summed E-state index contributed by atoms with van der Waals surface area (Å²) in [5.41, 5.74) is 2.00. The van der Waals surface area contributed by atoms with Crippen molar-refractivity contribution in [3.63, 3.8) is 0 Å². The van der Waals surface area contributed by atoms with Gasteiger partial charge in [-0.2, -0.15) is 0 Å². The van der Waals surface area contributed by atoms with Crippen molar-refractivity contribution in [2.45, 2.75) is 6.61 Å². The lowest BCUT2D eigenvalue weighted by molar-refractivity contribution is 0.0692. The number of carbonyl (C=O) groups is 1. The van der Waals surface area contributed by atoms with Gasteiger partial charge in [0, 0.05) is 19.8 Å². The van der Waals surface area contributed by atoms with E-state index >= 15 is 0 Å². The highest BCUT2D eigenvalue weighted by Crippen LogP contribution is 2.25. The van der Waals surface area contributed by atoms with Gasteiger partial charge in [-0.15, -0.1) is 0 Å². The first-order chi connectivity index (χ1) is 9.58. The van der Waals surface area contributed by atoms with Crippen LogP contribution in [0.2, 0.25) is 0 Å². The molecule has 1 N–H and O–H groups in total. The molecule has 0 unspecified atom stereocenters. The van der Waals surface area contributed by atoms with Gasteiger partial charge in [0.2, 0.25) is 0 Å². The van der Waals surface area contributed by atoms with Crippen molar-refractivity contribution in [2.24, 2.45) is 0 Å². The van der Waals surface area contributed by atoms with Crippen LogP contribution in [0.25, 0.3) is 0 Å². The van der Waals surface area contributed by atoms with Crippen molar-refractivity contribution in [1.82, 2.24) is 0 Å². The maximum absolute atomic E-state index is 11.3. The monoisotopic (exact) mass is 271 g/mol. The van der Waals surface area contributed by atoms with E-state index in [-0.39, 0.29) is 5.56 Å². The molecule has 0 radical (unpaired) electrons. The molecule has 0 saturated heterocycles. The molecule has 4 nitrogen and oxygen atoms in total. The third-order valence-electron chi connectivity index (χ3n) is 2.95. The molecule has 0 atom stereocenters. The zero-order valence-corrected chi connectivity index (χ0v) is 11.5. The van der Waals surface area contributed by atoms with E-state index in [0.717, 1.165) is 11.3 Å². The van der Waals surface area contributed by atoms with Gasteiger partial charge in [0.05, 0.1) is 0 Å². The van der Waals surface area contributed by atoms with Crippen molar-refractivity contribution in [2.75, 3.05) is 19.0 Å². The molecule has 0 aliphatic rings. The molecule has 0 amide bonds. The zero-order chi connectivity index (χ0) is 14.5. The second-order valence-electron chi connectivity index (χ2n) is 4.65. The Bertz CT molecular complexity index is 594. The number of carboxylic acids is 1. The number of hydrogen-bond donors (Lipinski definition) is 1. The van der Waals surface area contributed by atoms with E-state index in [4.69, 9.17) is 4.74 Å². The first-order valence-corrected chi connectivity index (χ1v) is 6.29. The van der Waals surface area contributed by atoms with Crippen LogP contribution in [0, 0.1) is 0 Å². The Morgan fingerprint density at radius 2 is 1.85 bits per heavy atom. The third kappa shape index (κ3) is 3.29. The van der Waals surface area contributed by atoms with Crippen LogP contribution in [0.3, 0.4) is 0 Å². The topological polar surface area (TPSA) is 49.8 Å². The number of aromatic carboxylic acids is 1. The number of benzene rings is 2. The fraction of sp³-hybridized carbons (Fsp3) is 0.188. The SMILES string of the molecule is CN(C)c1ccc(OCc2ccccc2)c(C(=O)O)c1. The molecule has 2 rings (SSSR count). The quantitative estimate of drug-likeness (QED) is 0.908. The minimum atomic E-state index is -0.989. The Labute approximate surface area is 118 Å². The van der Waals surface area contributed by atoms with Crippen LogP contribution in [0.5, 0.6) is 5.75 Å². The van der Waals surface area contributed by atoms with Gasteiger partial charge in [0.1, 0.15) is 17.9 Å². The number of ether oxygens (including phenoxy) is 1. The lowest BCUT2D eigenvalue weighted by Crippen LogP contribution is -2.11. The lowest BCUT2D eigenvalue weighted by Gasteiger charge is -2.15. The minimum absolute atomic E-state index is 0.173. The highest BCUT2D eigenvalue weighted by atomic mass is 16.5. The molecule has 20 heavy (non-hydrogen) atoms.